The molecule has 1 aromatic rings. The summed E-state index contributed by atoms with van der Waals surface area (Å²) in [6.45, 7) is 7.01. The molecule has 3 rings (SSSR count). The van der Waals surface area contributed by atoms with Gasteiger partial charge in [-0.3, -0.25) is 0 Å². The molecule has 0 bridgehead atoms. The maximum atomic E-state index is 12.7. The highest BCUT2D eigenvalue weighted by molar-refractivity contribution is 5.69. The van der Waals surface area contributed by atoms with E-state index in [1.807, 2.05) is 51.1 Å². The zero-order chi connectivity index (χ0) is 18.1. The second-order valence-electron chi connectivity index (χ2n) is 7.66. The van der Waals surface area contributed by atoms with Crippen molar-refractivity contribution in [3.05, 3.63) is 35.9 Å². The normalized spacial score (nSPS) is 24.3. The van der Waals surface area contributed by atoms with Crippen LogP contribution < -0.4 is 0 Å². The van der Waals surface area contributed by atoms with Gasteiger partial charge in [-0.25, -0.2) is 4.79 Å². The van der Waals surface area contributed by atoms with Crippen LogP contribution in [0.4, 0.5) is 4.79 Å². The summed E-state index contributed by atoms with van der Waals surface area (Å²) in [7, 11) is 0. The van der Waals surface area contributed by atoms with Crippen LogP contribution in [0.15, 0.2) is 30.3 Å². The number of benzene rings is 1. The molecule has 2 heterocycles. The minimum Gasteiger partial charge on any atom is -0.444 e. The zero-order valence-corrected chi connectivity index (χ0v) is 15.1. The third-order valence-electron chi connectivity index (χ3n) is 4.60. The van der Waals surface area contributed by atoms with Gasteiger partial charge in [0.05, 0.1) is 25.4 Å². The fraction of sp³-hybridized carbons (Fsp3) is 0.632. The summed E-state index contributed by atoms with van der Waals surface area (Å²) >= 11 is 0. The first-order valence-electron chi connectivity index (χ1n) is 8.80. The number of amides is 1. The quantitative estimate of drug-likeness (QED) is 0.889. The van der Waals surface area contributed by atoms with Gasteiger partial charge in [0.25, 0.3) is 0 Å². The number of piperidine rings is 1. The van der Waals surface area contributed by atoms with Crippen molar-refractivity contribution >= 4 is 6.09 Å². The Kier molecular flexibility index (Phi) is 5.04. The molecule has 6 nitrogen and oxygen atoms in total. The number of aliphatic hydroxyl groups is 1. The van der Waals surface area contributed by atoms with E-state index in [1.54, 1.807) is 4.90 Å². The van der Waals surface area contributed by atoms with E-state index >= 15 is 0 Å². The van der Waals surface area contributed by atoms with Crippen LogP contribution in [0, 0.1) is 0 Å². The molecule has 25 heavy (non-hydrogen) atoms. The van der Waals surface area contributed by atoms with Crippen molar-refractivity contribution in [3.8, 4) is 0 Å². The molecule has 0 aliphatic carbocycles. The number of nitrogens with zero attached hydrogens (tertiary/aromatic N) is 1. The Labute approximate surface area is 148 Å². The molecule has 0 radical (unpaired) electrons. The molecular weight excluding hydrogens is 322 g/mol. The second kappa shape index (κ2) is 6.94. The second-order valence-corrected chi connectivity index (χ2v) is 7.66. The van der Waals surface area contributed by atoms with E-state index < -0.39 is 29.6 Å². The number of rotatable bonds is 2. The van der Waals surface area contributed by atoms with E-state index in [-0.39, 0.29) is 0 Å². The van der Waals surface area contributed by atoms with Crippen LogP contribution in [0.5, 0.6) is 0 Å². The Bertz CT molecular complexity index is 592. The van der Waals surface area contributed by atoms with Gasteiger partial charge in [0.2, 0.25) is 0 Å². The summed E-state index contributed by atoms with van der Waals surface area (Å²) in [6.07, 6.45) is -0.258. The maximum absolute atomic E-state index is 12.7. The predicted octanol–water partition coefficient (Wildman–Crippen LogP) is 2.86. The fourth-order valence-corrected chi connectivity index (χ4v) is 3.45. The lowest BCUT2D eigenvalue weighted by Gasteiger charge is -2.45. The average Bonchev–Trinajstić information content (AvgIpc) is 3.01. The number of ether oxygens (including phenoxy) is 3. The first kappa shape index (κ1) is 18.2. The molecule has 1 amide bonds. The first-order valence-corrected chi connectivity index (χ1v) is 8.80. The minimum atomic E-state index is -0.835. The van der Waals surface area contributed by atoms with Gasteiger partial charge in [0, 0.05) is 19.4 Å². The molecule has 0 saturated carbocycles. The Morgan fingerprint density at radius 3 is 2.52 bits per heavy atom. The van der Waals surface area contributed by atoms with E-state index in [0.717, 1.165) is 5.56 Å². The van der Waals surface area contributed by atoms with Gasteiger partial charge in [0.1, 0.15) is 5.60 Å². The number of aliphatic hydroxyl groups excluding tert-OH is 1. The molecule has 0 aromatic heterocycles. The van der Waals surface area contributed by atoms with Crippen LogP contribution in [0.2, 0.25) is 0 Å². The van der Waals surface area contributed by atoms with E-state index in [9.17, 15) is 9.90 Å². The van der Waals surface area contributed by atoms with Crippen LogP contribution in [0.25, 0.3) is 0 Å². The molecule has 6 heteroatoms. The summed E-state index contributed by atoms with van der Waals surface area (Å²) in [5.41, 5.74) is 0.172. The number of likely N-dealkylation sites (tertiary alicyclic amines) is 1. The van der Waals surface area contributed by atoms with Crippen molar-refractivity contribution in [1.29, 1.82) is 0 Å². The van der Waals surface area contributed by atoms with Crippen molar-refractivity contribution < 1.29 is 24.1 Å². The summed E-state index contributed by atoms with van der Waals surface area (Å²) in [5.74, 6) is -0.709. The Hall–Kier alpha value is -1.63. The van der Waals surface area contributed by atoms with Crippen LogP contribution in [0.1, 0.15) is 45.3 Å². The Balaban J connectivity index is 1.84. The number of hydrogen-bond acceptors (Lipinski definition) is 5. The summed E-state index contributed by atoms with van der Waals surface area (Å²) < 4.78 is 17.2. The topological polar surface area (TPSA) is 68.2 Å². The molecule has 2 unspecified atom stereocenters. The van der Waals surface area contributed by atoms with Gasteiger partial charge in [-0.1, -0.05) is 30.3 Å². The first-order chi connectivity index (χ1) is 11.8. The van der Waals surface area contributed by atoms with E-state index in [2.05, 4.69) is 0 Å². The minimum absolute atomic E-state index is 0.416. The highest BCUT2D eigenvalue weighted by Crippen LogP contribution is 2.39. The Morgan fingerprint density at radius 1 is 1.28 bits per heavy atom. The van der Waals surface area contributed by atoms with Crippen LogP contribution in [-0.2, 0) is 14.2 Å². The largest absolute Gasteiger partial charge is 0.444 e. The number of carbonyl (C=O) groups is 1. The van der Waals surface area contributed by atoms with Crippen molar-refractivity contribution in [3.63, 3.8) is 0 Å². The third-order valence-corrected chi connectivity index (χ3v) is 4.60. The molecule has 2 saturated heterocycles. The standard InChI is InChI=1S/C19H27NO5/c1-18(2,3)25-17(22)20-10-9-19(23-11-12-24-19)13-15(20)16(21)14-7-5-4-6-8-14/h4-8,15-16,21H,9-13H2,1-3H3. The third kappa shape index (κ3) is 4.14. The Morgan fingerprint density at radius 2 is 1.92 bits per heavy atom. The molecule has 2 atom stereocenters. The molecule has 1 N–H and O–H groups in total. The smallest absolute Gasteiger partial charge is 0.410 e. The lowest BCUT2D eigenvalue weighted by molar-refractivity contribution is -0.202. The van der Waals surface area contributed by atoms with Gasteiger partial charge in [-0.05, 0) is 26.3 Å². The zero-order valence-electron chi connectivity index (χ0n) is 15.1. The molecule has 1 spiro atoms. The highest BCUT2D eigenvalue weighted by atomic mass is 16.7. The van der Waals surface area contributed by atoms with E-state index in [0.29, 0.717) is 32.6 Å². The van der Waals surface area contributed by atoms with Crippen molar-refractivity contribution in [2.45, 2.75) is 57.1 Å². The SMILES string of the molecule is CC(C)(C)OC(=O)N1CCC2(CC1C(O)c1ccccc1)OCCO2. The fourth-order valence-electron chi connectivity index (χ4n) is 3.45. The highest BCUT2D eigenvalue weighted by Gasteiger charge is 2.48. The lowest BCUT2D eigenvalue weighted by Crippen LogP contribution is -2.56. The maximum Gasteiger partial charge on any atom is 0.410 e. The lowest BCUT2D eigenvalue weighted by atomic mass is 9.89. The summed E-state index contributed by atoms with van der Waals surface area (Å²) in [6, 6.07) is 8.89. The van der Waals surface area contributed by atoms with Crippen LogP contribution in [0.3, 0.4) is 0 Å². The molecule has 138 valence electrons. The summed E-state index contributed by atoms with van der Waals surface area (Å²) in [4.78, 5) is 14.3. The number of carbonyl (C=O) groups excluding carboxylic acids is 1. The number of hydrogen-bond donors (Lipinski definition) is 1. The monoisotopic (exact) mass is 349 g/mol. The van der Waals surface area contributed by atoms with E-state index in [4.69, 9.17) is 14.2 Å². The van der Waals surface area contributed by atoms with Crippen molar-refractivity contribution in [1.82, 2.24) is 4.90 Å². The summed E-state index contributed by atoms with van der Waals surface area (Å²) in [5, 5.41) is 10.9. The van der Waals surface area contributed by atoms with Crippen LogP contribution >= 0.6 is 0 Å². The molecular formula is C19H27NO5. The van der Waals surface area contributed by atoms with Crippen LogP contribution in [-0.4, -0.2) is 53.3 Å². The van der Waals surface area contributed by atoms with Crippen molar-refractivity contribution in [2.24, 2.45) is 0 Å². The molecule has 2 fully saturated rings. The average molecular weight is 349 g/mol. The van der Waals surface area contributed by atoms with Gasteiger partial charge in [0.15, 0.2) is 5.79 Å². The predicted molar refractivity (Wildman–Crippen MR) is 92.0 cm³/mol. The molecule has 2 aliphatic heterocycles. The van der Waals surface area contributed by atoms with E-state index in [1.165, 1.54) is 0 Å². The van der Waals surface area contributed by atoms with Gasteiger partial charge < -0.3 is 24.2 Å². The van der Waals surface area contributed by atoms with Gasteiger partial charge >= 0.3 is 6.09 Å². The van der Waals surface area contributed by atoms with Crippen molar-refractivity contribution in [2.75, 3.05) is 19.8 Å². The van der Waals surface area contributed by atoms with Gasteiger partial charge in [-0.15, -0.1) is 0 Å². The molecule has 1 aromatic carbocycles. The van der Waals surface area contributed by atoms with Gasteiger partial charge in [-0.2, -0.15) is 0 Å². The molecule has 2 aliphatic rings.